The summed E-state index contributed by atoms with van der Waals surface area (Å²) in [5.41, 5.74) is 1.64. The Morgan fingerprint density at radius 2 is 2.23 bits per heavy atom. The summed E-state index contributed by atoms with van der Waals surface area (Å²) in [4.78, 5) is 0.968. The molecule has 1 rings (SSSR count). The monoisotopic (exact) mass is 211 g/mol. The van der Waals surface area contributed by atoms with Crippen molar-refractivity contribution in [3.8, 4) is 6.07 Å². The number of benzene rings is 1. The molecule has 68 valence electrons. The fraction of sp³-hybridized carbons (Fsp3) is 0.300. The van der Waals surface area contributed by atoms with Crippen LogP contribution in [0.5, 0.6) is 0 Å². The summed E-state index contributed by atoms with van der Waals surface area (Å²) < 4.78 is 0. The van der Waals surface area contributed by atoms with Gasteiger partial charge in [0, 0.05) is 4.90 Å². The lowest BCUT2D eigenvalue weighted by molar-refractivity contribution is 1.12. The molecular formula is C10H10ClNS. The molecule has 0 amide bonds. The molecule has 0 N–H and O–H groups in total. The molecule has 0 aliphatic heterocycles. The van der Waals surface area contributed by atoms with Gasteiger partial charge in [-0.2, -0.15) is 5.26 Å². The molecule has 0 aliphatic rings. The van der Waals surface area contributed by atoms with Gasteiger partial charge in [0.25, 0.3) is 0 Å². The Labute approximate surface area is 87.7 Å². The number of nitriles is 1. The Morgan fingerprint density at radius 1 is 1.54 bits per heavy atom. The average Bonchev–Trinajstić information content (AvgIpc) is 2.17. The molecule has 0 aliphatic carbocycles. The summed E-state index contributed by atoms with van der Waals surface area (Å²) >= 11 is 7.61. The maximum Gasteiger partial charge on any atom is 0.101 e. The Hall–Kier alpha value is -0.650. The summed E-state index contributed by atoms with van der Waals surface area (Å²) in [5.74, 6) is 0. The van der Waals surface area contributed by atoms with E-state index in [4.69, 9.17) is 16.9 Å². The van der Waals surface area contributed by atoms with Crippen molar-refractivity contribution in [2.45, 2.75) is 18.2 Å². The SMILES string of the molecule is CCc1ccc(SC)c(Cl)c1C#N. The highest BCUT2D eigenvalue weighted by molar-refractivity contribution is 7.98. The largest absolute Gasteiger partial charge is 0.192 e. The van der Waals surface area contributed by atoms with Gasteiger partial charge in [0.2, 0.25) is 0 Å². The fourth-order valence-corrected chi connectivity index (χ4v) is 2.11. The normalized spacial score (nSPS) is 9.69. The van der Waals surface area contributed by atoms with Crippen molar-refractivity contribution in [2.75, 3.05) is 6.26 Å². The molecule has 0 bridgehead atoms. The van der Waals surface area contributed by atoms with Crippen LogP contribution in [-0.4, -0.2) is 6.26 Å². The fourth-order valence-electron chi connectivity index (χ4n) is 1.17. The number of aryl methyl sites for hydroxylation is 1. The first-order chi connectivity index (χ1) is 6.24. The maximum atomic E-state index is 8.91. The van der Waals surface area contributed by atoms with E-state index >= 15 is 0 Å². The van der Waals surface area contributed by atoms with E-state index < -0.39 is 0 Å². The highest BCUT2D eigenvalue weighted by Crippen LogP contribution is 2.30. The smallest absolute Gasteiger partial charge is 0.101 e. The van der Waals surface area contributed by atoms with E-state index in [1.165, 1.54) is 0 Å². The highest BCUT2D eigenvalue weighted by atomic mass is 35.5. The lowest BCUT2D eigenvalue weighted by Gasteiger charge is -2.06. The van der Waals surface area contributed by atoms with Crippen molar-refractivity contribution in [2.24, 2.45) is 0 Å². The Bertz CT molecular complexity index is 355. The quantitative estimate of drug-likeness (QED) is 0.700. The van der Waals surface area contributed by atoms with Crippen LogP contribution in [-0.2, 0) is 6.42 Å². The van der Waals surface area contributed by atoms with Gasteiger partial charge in [-0.15, -0.1) is 11.8 Å². The van der Waals surface area contributed by atoms with Crippen LogP contribution in [0.1, 0.15) is 18.1 Å². The second-order valence-corrected chi connectivity index (χ2v) is 3.81. The minimum atomic E-state index is 0.592. The Morgan fingerprint density at radius 3 is 2.69 bits per heavy atom. The minimum absolute atomic E-state index is 0.592. The lowest BCUT2D eigenvalue weighted by atomic mass is 10.1. The van der Waals surface area contributed by atoms with Gasteiger partial charge in [-0.25, -0.2) is 0 Å². The van der Waals surface area contributed by atoms with Crippen molar-refractivity contribution in [3.05, 3.63) is 28.3 Å². The zero-order chi connectivity index (χ0) is 9.84. The summed E-state index contributed by atoms with van der Waals surface area (Å²) in [7, 11) is 0. The van der Waals surface area contributed by atoms with E-state index in [-0.39, 0.29) is 0 Å². The molecule has 3 heteroatoms. The molecule has 0 saturated carbocycles. The molecular weight excluding hydrogens is 202 g/mol. The van der Waals surface area contributed by atoms with E-state index in [1.807, 2.05) is 25.3 Å². The van der Waals surface area contributed by atoms with Crippen molar-refractivity contribution in [1.29, 1.82) is 5.26 Å². The van der Waals surface area contributed by atoms with Crippen LogP contribution in [0.3, 0.4) is 0 Å². The average molecular weight is 212 g/mol. The minimum Gasteiger partial charge on any atom is -0.192 e. The van der Waals surface area contributed by atoms with Gasteiger partial charge in [-0.3, -0.25) is 0 Å². The van der Waals surface area contributed by atoms with Crippen molar-refractivity contribution in [3.63, 3.8) is 0 Å². The second-order valence-electron chi connectivity index (χ2n) is 2.58. The first kappa shape index (κ1) is 10.4. The van der Waals surface area contributed by atoms with Crippen molar-refractivity contribution >= 4 is 23.4 Å². The van der Waals surface area contributed by atoms with Gasteiger partial charge in [0.15, 0.2) is 0 Å². The molecule has 0 aromatic heterocycles. The van der Waals surface area contributed by atoms with Gasteiger partial charge in [-0.1, -0.05) is 24.6 Å². The molecule has 0 unspecified atom stereocenters. The standard InChI is InChI=1S/C10H10ClNS/c1-3-7-4-5-9(13-2)10(11)8(7)6-12/h4-5H,3H2,1-2H3. The van der Waals surface area contributed by atoms with Crippen LogP contribution in [0.15, 0.2) is 17.0 Å². The van der Waals surface area contributed by atoms with Crippen LogP contribution < -0.4 is 0 Å². The van der Waals surface area contributed by atoms with Crippen LogP contribution in [0.25, 0.3) is 0 Å². The zero-order valence-corrected chi connectivity index (χ0v) is 9.17. The second kappa shape index (κ2) is 4.55. The van der Waals surface area contributed by atoms with Gasteiger partial charge >= 0.3 is 0 Å². The molecule has 0 fully saturated rings. The van der Waals surface area contributed by atoms with Gasteiger partial charge < -0.3 is 0 Å². The highest BCUT2D eigenvalue weighted by Gasteiger charge is 2.09. The molecule has 1 nitrogen and oxygen atoms in total. The van der Waals surface area contributed by atoms with Gasteiger partial charge in [-0.05, 0) is 24.3 Å². The zero-order valence-electron chi connectivity index (χ0n) is 7.60. The van der Waals surface area contributed by atoms with E-state index in [9.17, 15) is 0 Å². The molecule has 1 aromatic carbocycles. The number of thioether (sulfide) groups is 1. The lowest BCUT2D eigenvalue weighted by Crippen LogP contribution is -1.90. The summed E-state index contributed by atoms with van der Waals surface area (Å²) in [6.07, 6.45) is 2.80. The Balaban J connectivity index is 3.34. The first-order valence-electron chi connectivity index (χ1n) is 4.00. The molecule has 13 heavy (non-hydrogen) atoms. The summed E-state index contributed by atoms with van der Waals surface area (Å²) in [5, 5.41) is 9.50. The van der Waals surface area contributed by atoms with Crippen LogP contribution in [0.2, 0.25) is 5.02 Å². The number of hydrogen-bond donors (Lipinski definition) is 0. The molecule has 0 spiro atoms. The van der Waals surface area contributed by atoms with Gasteiger partial charge in [0.05, 0.1) is 10.6 Å². The Kier molecular flexibility index (Phi) is 3.65. The van der Waals surface area contributed by atoms with Crippen molar-refractivity contribution in [1.82, 2.24) is 0 Å². The van der Waals surface area contributed by atoms with Crippen LogP contribution in [0.4, 0.5) is 0 Å². The van der Waals surface area contributed by atoms with Crippen LogP contribution >= 0.6 is 23.4 Å². The number of nitrogens with zero attached hydrogens (tertiary/aromatic N) is 1. The number of hydrogen-bond acceptors (Lipinski definition) is 2. The summed E-state index contributed by atoms with van der Waals surface area (Å²) in [6.45, 7) is 2.02. The third-order valence-corrected chi connectivity index (χ3v) is 3.19. The maximum absolute atomic E-state index is 8.91. The van der Waals surface area contributed by atoms with Crippen LogP contribution in [0, 0.1) is 11.3 Å². The van der Waals surface area contributed by atoms with Crippen molar-refractivity contribution < 1.29 is 0 Å². The number of rotatable bonds is 2. The summed E-state index contributed by atoms with van der Waals surface area (Å²) in [6, 6.07) is 6.08. The third-order valence-electron chi connectivity index (χ3n) is 1.91. The first-order valence-corrected chi connectivity index (χ1v) is 5.60. The topological polar surface area (TPSA) is 23.8 Å². The molecule has 0 radical (unpaired) electrons. The van der Waals surface area contributed by atoms with E-state index in [0.29, 0.717) is 10.6 Å². The predicted octanol–water partition coefficient (Wildman–Crippen LogP) is 3.50. The third kappa shape index (κ3) is 1.99. The molecule has 0 heterocycles. The van der Waals surface area contributed by atoms with E-state index in [0.717, 1.165) is 16.9 Å². The number of halogens is 1. The van der Waals surface area contributed by atoms with E-state index in [1.54, 1.807) is 11.8 Å². The molecule has 0 atom stereocenters. The molecule has 1 aromatic rings. The van der Waals surface area contributed by atoms with E-state index in [2.05, 4.69) is 6.07 Å². The predicted molar refractivity (Wildman–Crippen MR) is 57.3 cm³/mol. The van der Waals surface area contributed by atoms with Gasteiger partial charge in [0.1, 0.15) is 6.07 Å². The molecule has 0 saturated heterocycles.